The van der Waals surface area contributed by atoms with Crippen molar-refractivity contribution in [2.45, 2.75) is 18.6 Å². The Labute approximate surface area is 109 Å². The molecule has 0 aliphatic heterocycles. The van der Waals surface area contributed by atoms with Crippen molar-refractivity contribution in [2.24, 2.45) is 0 Å². The predicted octanol–water partition coefficient (Wildman–Crippen LogP) is 0.0114. The summed E-state index contributed by atoms with van der Waals surface area (Å²) in [4.78, 5) is 33.2. The molecule has 0 radical (unpaired) electrons. The molecule has 9 heteroatoms. The van der Waals surface area contributed by atoms with E-state index >= 15 is 0 Å². The fraction of sp³-hybridized carbons (Fsp3) is 0.300. The Balaban J connectivity index is 5.21. The van der Waals surface area contributed by atoms with E-state index in [4.69, 9.17) is 0 Å². The maximum atomic E-state index is 11.6. The summed E-state index contributed by atoms with van der Waals surface area (Å²) in [6.07, 6.45) is 0.544. The minimum absolute atomic E-state index is 0.678. The number of carbonyl (C=O) groups excluding carboxylic acids is 3. The van der Waals surface area contributed by atoms with Crippen LogP contribution in [0, 0.1) is 0 Å². The van der Waals surface area contributed by atoms with E-state index in [0.717, 1.165) is 13.2 Å². The fourth-order valence-electron chi connectivity index (χ4n) is 0.975. The summed E-state index contributed by atoms with van der Waals surface area (Å²) < 4.78 is 35.7. The Hall–Kier alpha value is -2.16. The van der Waals surface area contributed by atoms with Gasteiger partial charge in [-0.05, 0) is 0 Å². The zero-order valence-corrected chi connectivity index (χ0v) is 10.8. The maximum Gasteiger partial charge on any atom is 0.333 e. The highest BCUT2D eigenvalue weighted by atomic mass is 32.2. The molecule has 1 atom stereocenters. The third-order valence-electron chi connectivity index (χ3n) is 1.61. The monoisotopic (exact) mass is 292 g/mol. The van der Waals surface area contributed by atoms with Gasteiger partial charge in [-0.2, -0.15) is 8.42 Å². The van der Waals surface area contributed by atoms with E-state index in [1.165, 1.54) is 0 Å². The zero-order chi connectivity index (χ0) is 15.1. The Morgan fingerprint density at radius 1 is 1.16 bits per heavy atom. The first-order valence-electron chi connectivity index (χ1n) is 4.80. The molecule has 0 N–H and O–H groups in total. The molecule has 0 saturated carbocycles. The van der Waals surface area contributed by atoms with Gasteiger partial charge in [-0.15, -0.1) is 0 Å². The van der Waals surface area contributed by atoms with Crippen molar-refractivity contribution in [1.29, 1.82) is 0 Å². The summed E-state index contributed by atoms with van der Waals surface area (Å²) in [5.41, 5.74) is 0. The molecule has 0 aromatic heterocycles. The van der Waals surface area contributed by atoms with Crippen LogP contribution < -0.4 is 0 Å². The topological polar surface area (TPSA) is 113 Å². The molecule has 0 fully saturated rings. The average molecular weight is 292 g/mol. The summed E-state index contributed by atoms with van der Waals surface area (Å²) in [7, 11) is -4.66. The molecular formula is C10H12O8S. The van der Waals surface area contributed by atoms with Gasteiger partial charge in [-0.3, -0.25) is 14.4 Å². The molecule has 0 aromatic carbocycles. The van der Waals surface area contributed by atoms with Crippen LogP contribution in [0.1, 0.15) is 13.3 Å². The van der Waals surface area contributed by atoms with E-state index in [1.54, 1.807) is 0 Å². The van der Waals surface area contributed by atoms with E-state index < -0.39 is 39.7 Å². The van der Waals surface area contributed by atoms with Crippen LogP contribution in [0.25, 0.3) is 0 Å². The molecular weight excluding hydrogens is 280 g/mol. The van der Waals surface area contributed by atoms with Gasteiger partial charge in [0, 0.05) is 6.92 Å². The molecule has 0 amide bonds. The molecule has 0 spiro atoms. The minimum atomic E-state index is -4.66. The van der Waals surface area contributed by atoms with Crippen LogP contribution >= 0.6 is 0 Å². The lowest BCUT2D eigenvalue weighted by atomic mass is 10.3. The summed E-state index contributed by atoms with van der Waals surface area (Å²) in [5, 5.41) is -2.04. The highest BCUT2D eigenvalue weighted by molar-refractivity contribution is 7.88. The first kappa shape index (κ1) is 16.8. The van der Waals surface area contributed by atoms with Crippen LogP contribution in [-0.4, -0.2) is 31.6 Å². The molecule has 106 valence electrons. The number of rotatable bonds is 7. The third-order valence-corrected chi connectivity index (χ3v) is 3.13. The zero-order valence-electron chi connectivity index (χ0n) is 10.0. The summed E-state index contributed by atoms with van der Waals surface area (Å²) >= 11 is 0. The molecule has 0 bridgehead atoms. The largest absolute Gasteiger partial charge is 0.435 e. The molecule has 0 saturated heterocycles. The van der Waals surface area contributed by atoms with Crippen LogP contribution in [-0.2, 0) is 38.2 Å². The van der Waals surface area contributed by atoms with E-state index in [1.807, 2.05) is 0 Å². The van der Waals surface area contributed by atoms with Crippen molar-refractivity contribution in [1.82, 2.24) is 0 Å². The fourth-order valence-corrected chi connectivity index (χ4v) is 2.05. The Bertz CT molecular complexity index is 490. The minimum Gasteiger partial charge on any atom is -0.435 e. The van der Waals surface area contributed by atoms with Crippen molar-refractivity contribution in [3.8, 4) is 0 Å². The molecule has 1 unspecified atom stereocenters. The van der Waals surface area contributed by atoms with Gasteiger partial charge < -0.3 is 13.7 Å². The van der Waals surface area contributed by atoms with E-state index in [9.17, 15) is 22.8 Å². The quantitative estimate of drug-likeness (QED) is 0.366. The van der Waals surface area contributed by atoms with Gasteiger partial charge in [0.25, 0.3) is 0 Å². The number of esters is 2. The van der Waals surface area contributed by atoms with Crippen molar-refractivity contribution in [3.05, 3.63) is 25.7 Å². The average Bonchev–Trinajstić information content (AvgIpc) is 2.24. The SMILES string of the molecule is C=COC(=O)CC(C(=O)OC=C)S(=O)(=O)OC(C)=O. The van der Waals surface area contributed by atoms with Crippen molar-refractivity contribution >= 4 is 28.0 Å². The lowest BCUT2D eigenvalue weighted by Gasteiger charge is -2.13. The first-order valence-corrected chi connectivity index (χ1v) is 6.27. The number of ether oxygens (including phenoxy) is 2. The van der Waals surface area contributed by atoms with Gasteiger partial charge in [0.2, 0.25) is 5.25 Å². The van der Waals surface area contributed by atoms with E-state index in [-0.39, 0.29) is 0 Å². The highest BCUT2D eigenvalue weighted by Crippen LogP contribution is 2.13. The van der Waals surface area contributed by atoms with Crippen LogP contribution in [0.2, 0.25) is 0 Å². The maximum absolute atomic E-state index is 11.6. The van der Waals surface area contributed by atoms with Crippen LogP contribution in [0.5, 0.6) is 0 Å². The molecule has 0 heterocycles. The van der Waals surface area contributed by atoms with Gasteiger partial charge in [0.15, 0.2) is 0 Å². The molecule has 8 nitrogen and oxygen atoms in total. The van der Waals surface area contributed by atoms with Crippen LogP contribution in [0.15, 0.2) is 25.7 Å². The van der Waals surface area contributed by atoms with Gasteiger partial charge in [0.05, 0.1) is 18.9 Å². The smallest absolute Gasteiger partial charge is 0.333 e. The van der Waals surface area contributed by atoms with Crippen molar-refractivity contribution < 1.29 is 36.5 Å². The Kier molecular flexibility index (Phi) is 6.48. The van der Waals surface area contributed by atoms with Crippen LogP contribution in [0.3, 0.4) is 0 Å². The van der Waals surface area contributed by atoms with E-state index in [2.05, 4.69) is 26.8 Å². The molecule has 0 aliphatic carbocycles. The summed E-state index contributed by atoms with van der Waals surface area (Å²) in [6.45, 7) is 6.98. The predicted molar refractivity (Wildman–Crippen MR) is 61.7 cm³/mol. The van der Waals surface area contributed by atoms with Gasteiger partial charge in [-0.25, -0.2) is 0 Å². The normalized spacial score (nSPS) is 11.8. The molecule has 0 rings (SSSR count). The Morgan fingerprint density at radius 2 is 1.68 bits per heavy atom. The molecule has 0 aromatic rings. The second-order valence-electron chi connectivity index (χ2n) is 3.02. The molecule has 19 heavy (non-hydrogen) atoms. The standard InChI is InChI=1S/C10H12O8S/c1-4-16-9(12)6-8(10(13)17-5-2)19(14,15)18-7(3)11/h4-5,8H,1-2,6H2,3H3. The lowest BCUT2D eigenvalue weighted by molar-refractivity contribution is -0.144. The van der Waals surface area contributed by atoms with Crippen LogP contribution in [0.4, 0.5) is 0 Å². The van der Waals surface area contributed by atoms with Gasteiger partial charge in [-0.1, -0.05) is 13.2 Å². The lowest BCUT2D eigenvalue weighted by Crippen LogP contribution is -2.35. The second kappa shape index (κ2) is 7.31. The first-order chi connectivity index (χ1) is 8.74. The van der Waals surface area contributed by atoms with Gasteiger partial charge >= 0.3 is 28.0 Å². The third kappa shape index (κ3) is 5.82. The number of carbonyl (C=O) groups is 3. The number of hydrogen-bond acceptors (Lipinski definition) is 8. The number of hydrogen-bond donors (Lipinski definition) is 0. The van der Waals surface area contributed by atoms with E-state index in [0.29, 0.717) is 6.26 Å². The Morgan fingerprint density at radius 3 is 2.11 bits per heavy atom. The van der Waals surface area contributed by atoms with Crippen molar-refractivity contribution in [3.63, 3.8) is 0 Å². The highest BCUT2D eigenvalue weighted by Gasteiger charge is 2.39. The summed E-state index contributed by atoms with van der Waals surface area (Å²) in [6, 6.07) is 0. The van der Waals surface area contributed by atoms with Crippen molar-refractivity contribution in [2.75, 3.05) is 0 Å². The molecule has 0 aliphatic rings. The summed E-state index contributed by atoms with van der Waals surface area (Å²) in [5.74, 6) is -3.54. The van der Waals surface area contributed by atoms with Gasteiger partial charge in [0.1, 0.15) is 0 Å². The second-order valence-corrected chi connectivity index (χ2v) is 4.74.